The van der Waals surface area contributed by atoms with E-state index in [9.17, 15) is 4.79 Å². The van der Waals surface area contributed by atoms with Crippen molar-refractivity contribution in [1.29, 1.82) is 0 Å². The fraction of sp³-hybridized carbons (Fsp3) is 0.350. The second-order valence-corrected chi connectivity index (χ2v) is 6.21. The highest BCUT2D eigenvalue weighted by Crippen LogP contribution is 2.17. The molecule has 0 aliphatic carbocycles. The van der Waals surface area contributed by atoms with Gasteiger partial charge >= 0.3 is 0 Å². The van der Waals surface area contributed by atoms with E-state index in [0.717, 1.165) is 37.2 Å². The molecule has 1 fully saturated rings. The molecule has 1 aliphatic heterocycles. The van der Waals surface area contributed by atoms with E-state index in [1.807, 2.05) is 66.5 Å². The molecule has 3 rings (SSSR count). The van der Waals surface area contributed by atoms with Gasteiger partial charge in [0.25, 0.3) is 5.91 Å². The second kappa shape index (κ2) is 7.97. The molecule has 0 saturated carbocycles. The van der Waals surface area contributed by atoms with Crippen molar-refractivity contribution in [3.63, 3.8) is 0 Å². The van der Waals surface area contributed by atoms with Gasteiger partial charge in [0.2, 0.25) is 0 Å². The number of amides is 1. The topological polar surface area (TPSA) is 41.6 Å². The van der Waals surface area contributed by atoms with E-state index < -0.39 is 0 Å². The first-order valence-electron chi connectivity index (χ1n) is 8.49. The molecule has 0 spiro atoms. The van der Waals surface area contributed by atoms with Crippen molar-refractivity contribution in [3.05, 3.63) is 65.7 Å². The molecule has 1 amide bonds. The Balaban J connectivity index is 1.58. The van der Waals surface area contributed by atoms with Gasteiger partial charge < -0.3 is 15.0 Å². The summed E-state index contributed by atoms with van der Waals surface area (Å²) in [5.41, 5.74) is 1.83. The average molecular weight is 324 g/mol. The average Bonchev–Trinajstić information content (AvgIpc) is 2.67. The highest BCUT2D eigenvalue weighted by Gasteiger charge is 2.22. The van der Waals surface area contributed by atoms with Gasteiger partial charge in [-0.25, -0.2) is 0 Å². The van der Waals surface area contributed by atoms with E-state index in [2.05, 4.69) is 5.32 Å². The van der Waals surface area contributed by atoms with Crippen LogP contribution in [0.1, 0.15) is 28.8 Å². The maximum atomic E-state index is 12.6. The summed E-state index contributed by atoms with van der Waals surface area (Å²) in [7, 11) is 1.89. The van der Waals surface area contributed by atoms with Crippen molar-refractivity contribution in [2.45, 2.75) is 25.5 Å². The highest BCUT2D eigenvalue weighted by molar-refractivity contribution is 5.94. The fourth-order valence-corrected chi connectivity index (χ4v) is 2.97. The van der Waals surface area contributed by atoms with Crippen molar-refractivity contribution in [3.8, 4) is 5.75 Å². The number of hydrogen-bond acceptors (Lipinski definition) is 3. The maximum Gasteiger partial charge on any atom is 0.253 e. The van der Waals surface area contributed by atoms with Crippen LogP contribution >= 0.6 is 0 Å². The summed E-state index contributed by atoms with van der Waals surface area (Å²) in [6.45, 7) is 2.45. The molecule has 1 atom stereocenters. The maximum absolute atomic E-state index is 12.6. The second-order valence-electron chi connectivity index (χ2n) is 6.21. The van der Waals surface area contributed by atoms with E-state index in [-0.39, 0.29) is 11.9 Å². The van der Waals surface area contributed by atoms with Gasteiger partial charge in [0.15, 0.2) is 0 Å². The Kier molecular flexibility index (Phi) is 5.49. The predicted octanol–water partition coefficient (Wildman–Crippen LogP) is 3.09. The molecule has 2 aromatic carbocycles. The summed E-state index contributed by atoms with van der Waals surface area (Å²) < 4.78 is 5.77. The van der Waals surface area contributed by atoms with E-state index in [1.54, 1.807) is 0 Å². The molecule has 1 N–H and O–H groups in total. The molecule has 0 bridgehead atoms. The third kappa shape index (κ3) is 4.15. The lowest BCUT2D eigenvalue weighted by Crippen LogP contribution is -2.46. The lowest BCUT2D eigenvalue weighted by Gasteiger charge is -2.31. The molecule has 1 saturated heterocycles. The van der Waals surface area contributed by atoms with Gasteiger partial charge in [0, 0.05) is 25.2 Å². The van der Waals surface area contributed by atoms with Crippen LogP contribution in [0.4, 0.5) is 0 Å². The highest BCUT2D eigenvalue weighted by atomic mass is 16.5. The van der Waals surface area contributed by atoms with Gasteiger partial charge in [-0.1, -0.05) is 30.3 Å². The van der Waals surface area contributed by atoms with Crippen LogP contribution in [-0.4, -0.2) is 37.0 Å². The molecule has 0 aromatic heterocycles. The molecule has 2 aromatic rings. The number of hydrogen-bond donors (Lipinski definition) is 1. The molecular weight excluding hydrogens is 300 g/mol. The van der Waals surface area contributed by atoms with Crippen molar-refractivity contribution in [2.24, 2.45) is 0 Å². The first kappa shape index (κ1) is 16.5. The van der Waals surface area contributed by atoms with Crippen molar-refractivity contribution in [2.75, 3.05) is 20.1 Å². The standard InChI is InChI=1S/C20H24N2O2/c1-22(18-8-5-13-21-14-18)20(23)17-9-11-19(12-10-17)24-15-16-6-3-2-4-7-16/h2-4,6-7,9-12,18,21H,5,8,13-15H2,1H3/t18-/m1/s1. The zero-order chi connectivity index (χ0) is 16.8. The number of likely N-dealkylation sites (N-methyl/N-ethyl adjacent to an activating group) is 1. The van der Waals surface area contributed by atoms with Crippen LogP contribution in [0, 0.1) is 0 Å². The first-order chi connectivity index (χ1) is 11.7. The normalized spacial score (nSPS) is 17.3. The summed E-state index contributed by atoms with van der Waals surface area (Å²) in [5.74, 6) is 0.843. The van der Waals surface area contributed by atoms with Crippen LogP contribution in [0.3, 0.4) is 0 Å². The number of nitrogens with zero attached hydrogens (tertiary/aromatic N) is 1. The van der Waals surface area contributed by atoms with Gasteiger partial charge in [-0.2, -0.15) is 0 Å². The van der Waals surface area contributed by atoms with E-state index >= 15 is 0 Å². The zero-order valence-electron chi connectivity index (χ0n) is 14.1. The minimum Gasteiger partial charge on any atom is -0.489 e. The SMILES string of the molecule is CN(C(=O)c1ccc(OCc2ccccc2)cc1)[C@@H]1CCCNC1. The molecule has 1 aliphatic rings. The Bertz CT molecular complexity index is 649. The van der Waals surface area contributed by atoms with E-state index in [4.69, 9.17) is 4.74 Å². The molecule has 0 unspecified atom stereocenters. The largest absolute Gasteiger partial charge is 0.489 e. The van der Waals surface area contributed by atoms with Crippen molar-refractivity contribution >= 4 is 5.91 Å². The Labute approximate surface area is 143 Å². The Morgan fingerprint density at radius 3 is 2.58 bits per heavy atom. The smallest absolute Gasteiger partial charge is 0.253 e. The Hall–Kier alpha value is -2.33. The minimum atomic E-state index is 0.0679. The summed E-state index contributed by atoms with van der Waals surface area (Å²) in [6, 6.07) is 17.7. The minimum absolute atomic E-state index is 0.0679. The van der Waals surface area contributed by atoms with Gasteiger partial charge in [-0.3, -0.25) is 4.79 Å². The summed E-state index contributed by atoms with van der Waals surface area (Å²) in [6.07, 6.45) is 2.18. The number of benzene rings is 2. The summed E-state index contributed by atoms with van der Waals surface area (Å²) in [5, 5.41) is 3.35. The lowest BCUT2D eigenvalue weighted by atomic mass is 10.1. The molecule has 0 radical (unpaired) electrons. The van der Waals surface area contributed by atoms with Crippen LogP contribution in [0.15, 0.2) is 54.6 Å². The van der Waals surface area contributed by atoms with Crippen LogP contribution in [0.25, 0.3) is 0 Å². The van der Waals surface area contributed by atoms with Crippen molar-refractivity contribution < 1.29 is 9.53 Å². The number of piperidine rings is 1. The van der Waals surface area contributed by atoms with Gasteiger partial charge in [0.05, 0.1) is 0 Å². The zero-order valence-corrected chi connectivity index (χ0v) is 14.1. The number of ether oxygens (including phenoxy) is 1. The third-order valence-electron chi connectivity index (χ3n) is 4.49. The summed E-state index contributed by atoms with van der Waals surface area (Å²) >= 11 is 0. The number of rotatable bonds is 5. The van der Waals surface area contributed by atoms with Crippen LogP contribution < -0.4 is 10.1 Å². The molecule has 126 valence electrons. The Morgan fingerprint density at radius 1 is 1.17 bits per heavy atom. The molecule has 24 heavy (non-hydrogen) atoms. The number of nitrogens with one attached hydrogen (secondary N) is 1. The molecular formula is C20H24N2O2. The van der Waals surface area contributed by atoms with Crippen molar-refractivity contribution in [1.82, 2.24) is 10.2 Å². The number of carbonyl (C=O) groups is 1. The van der Waals surface area contributed by atoms with Gasteiger partial charge in [-0.05, 0) is 49.2 Å². The summed E-state index contributed by atoms with van der Waals surface area (Å²) in [4.78, 5) is 14.4. The van der Waals surface area contributed by atoms with Crippen LogP contribution in [0.5, 0.6) is 5.75 Å². The monoisotopic (exact) mass is 324 g/mol. The van der Waals surface area contributed by atoms with Crippen LogP contribution in [-0.2, 0) is 6.61 Å². The van der Waals surface area contributed by atoms with E-state index in [1.165, 1.54) is 0 Å². The van der Waals surface area contributed by atoms with Crippen LogP contribution in [0.2, 0.25) is 0 Å². The van der Waals surface area contributed by atoms with Gasteiger partial charge in [-0.15, -0.1) is 0 Å². The molecule has 4 heteroatoms. The Morgan fingerprint density at radius 2 is 1.92 bits per heavy atom. The fourth-order valence-electron chi connectivity index (χ4n) is 2.97. The quantitative estimate of drug-likeness (QED) is 0.919. The predicted molar refractivity (Wildman–Crippen MR) is 95.2 cm³/mol. The lowest BCUT2D eigenvalue weighted by molar-refractivity contribution is 0.0708. The first-order valence-corrected chi connectivity index (χ1v) is 8.49. The number of carbonyl (C=O) groups excluding carboxylic acids is 1. The molecule has 1 heterocycles. The van der Waals surface area contributed by atoms with Gasteiger partial charge in [0.1, 0.15) is 12.4 Å². The van der Waals surface area contributed by atoms with E-state index in [0.29, 0.717) is 12.2 Å². The third-order valence-corrected chi connectivity index (χ3v) is 4.49. The molecule has 4 nitrogen and oxygen atoms in total.